The molecular weight excluding hydrogens is 545 g/mol. The fourth-order valence-corrected chi connectivity index (χ4v) is 4.30. The maximum atomic E-state index is 14.8. The molecular formula is C27H19F7N4O2. The van der Waals surface area contributed by atoms with Gasteiger partial charge in [0.15, 0.2) is 0 Å². The second kappa shape index (κ2) is 9.99. The lowest BCUT2D eigenvalue weighted by Gasteiger charge is -2.28. The van der Waals surface area contributed by atoms with Gasteiger partial charge in [0.05, 0.1) is 35.3 Å². The van der Waals surface area contributed by atoms with Crippen molar-refractivity contribution >= 4 is 11.6 Å². The van der Waals surface area contributed by atoms with Crippen LogP contribution in [0.1, 0.15) is 47.2 Å². The van der Waals surface area contributed by atoms with Gasteiger partial charge >= 0.3 is 12.4 Å². The van der Waals surface area contributed by atoms with E-state index in [0.717, 1.165) is 12.1 Å². The zero-order valence-corrected chi connectivity index (χ0v) is 20.6. The third-order valence-electron chi connectivity index (χ3n) is 6.61. The zero-order valence-electron chi connectivity index (χ0n) is 20.6. The number of carbonyl (C=O) groups excluding carboxylic acids is 1. The Kier molecular flexibility index (Phi) is 7.15. The van der Waals surface area contributed by atoms with Gasteiger partial charge in [-0.05, 0) is 60.7 Å². The van der Waals surface area contributed by atoms with Gasteiger partial charge in [-0.3, -0.25) is 4.79 Å². The van der Waals surface area contributed by atoms with Crippen LogP contribution in [0.3, 0.4) is 0 Å². The molecule has 1 fully saturated rings. The third kappa shape index (κ3) is 5.80. The van der Waals surface area contributed by atoms with E-state index in [9.17, 15) is 40.6 Å². The number of carbonyl (C=O) groups is 1. The molecule has 2 N–H and O–H groups in total. The topological polar surface area (TPSA) is 90.9 Å². The molecule has 1 amide bonds. The van der Waals surface area contributed by atoms with Gasteiger partial charge in [0.1, 0.15) is 11.5 Å². The Balaban J connectivity index is 1.75. The molecule has 1 aromatic heterocycles. The van der Waals surface area contributed by atoms with E-state index < -0.39 is 63.9 Å². The smallest absolute Gasteiger partial charge is 0.369 e. The van der Waals surface area contributed by atoms with Crippen LogP contribution in [-0.2, 0) is 29.6 Å². The molecule has 0 saturated heterocycles. The monoisotopic (exact) mass is 564 g/mol. The van der Waals surface area contributed by atoms with E-state index in [2.05, 4.69) is 22.1 Å². The standard InChI is InChI=1S/C27H19F7N4O2/c1-38-15-36-13-19(38)6-7-25(40,23(39)37-18-4-2-16(12-35)20(11-18)27(32,33)34)14-24(8-9-24)21-10-17(26(29,30)31)3-5-22(21)28/h2-5,10-11,13,15,40H,8-9,14H2,1H3,(H,37,39). The molecule has 4 rings (SSSR count). The number of hydrogen-bond donors (Lipinski definition) is 2. The van der Waals surface area contributed by atoms with Crippen LogP contribution in [0, 0.1) is 29.0 Å². The van der Waals surface area contributed by atoms with Crippen LogP contribution in [0.2, 0.25) is 0 Å². The third-order valence-corrected chi connectivity index (χ3v) is 6.61. The number of imidazole rings is 1. The molecule has 1 saturated carbocycles. The summed E-state index contributed by atoms with van der Waals surface area (Å²) in [5.74, 6) is 2.65. The van der Waals surface area contributed by atoms with Gasteiger partial charge in [-0.2, -0.15) is 31.6 Å². The summed E-state index contributed by atoms with van der Waals surface area (Å²) in [6.45, 7) is 0. The van der Waals surface area contributed by atoms with Gasteiger partial charge in [0.2, 0.25) is 5.60 Å². The van der Waals surface area contributed by atoms with E-state index in [1.807, 2.05) is 0 Å². The van der Waals surface area contributed by atoms with Crippen molar-refractivity contribution in [2.24, 2.45) is 7.05 Å². The van der Waals surface area contributed by atoms with Crippen LogP contribution in [0.4, 0.5) is 36.4 Å². The molecule has 0 spiro atoms. The number of rotatable bonds is 5. The summed E-state index contributed by atoms with van der Waals surface area (Å²) in [6.07, 6.45) is -7.46. The maximum Gasteiger partial charge on any atom is 0.417 e. The molecule has 2 aromatic carbocycles. The van der Waals surface area contributed by atoms with Gasteiger partial charge in [0, 0.05) is 24.6 Å². The molecule has 13 heteroatoms. The molecule has 0 aliphatic heterocycles. The number of alkyl halides is 6. The fraction of sp³-hybridized carbons (Fsp3) is 0.296. The average Bonchev–Trinajstić information content (AvgIpc) is 3.52. The number of nitrogens with zero attached hydrogens (tertiary/aromatic N) is 3. The predicted molar refractivity (Wildman–Crippen MR) is 127 cm³/mol. The van der Waals surface area contributed by atoms with Crippen molar-refractivity contribution in [2.45, 2.75) is 42.6 Å². The summed E-state index contributed by atoms with van der Waals surface area (Å²) in [6, 6.07) is 5.59. The van der Waals surface area contributed by atoms with Crippen LogP contribution in [0.15, 0.2) is 48.9 Å². The normalized spacial score (nSPS) is 15.8. The van der Waals surface area contributed by atoms with E-state index in [1.165, 1.54) is 23.2 Å². The highest BCUT2D eigenvalue weighted by Gasteiger charge is 2.54. The van der Waals surface area contributed by atoms with Gasteiger partial charge in [-0.1, -0.05) is 5.92 Å². The van der Waals surface area contributed by atoms with Crippen molar-refractivity contribution in [2.75, 3.05) is 5.32 Å². The first-order chi connectivity index (χ1) is 18.6. The number of hydrogen-bond acceptors (Lipinski definition) is 4. The Morgan fingerprint density at radius 3 is 2.38 bits per heavy atom. The molecule has 0 bridgehead atoms. The molecule has 1 unspecified atom stereocenters. The molecule has 1 heterocycles. The van der Waals surface area contributed by atoms with Gasteiger partial charge in [-0.15, -0.1) is 0 Å². The average molecular weight is 564 g/mol. The second-order valence-corrected chi connectivity index (χ2v) is 9.47. The van der Waals surface area contributed by atoms with Crippen LogP contribution in [-0.4, -0.2) is 26.2 Å². The summed E-state index contributed by atoms with van der Waals surface area (Å²) in [7, 11) is 1.56. The Labute approximate surface area is 223 Å². The minimum atomic E-state index is -4.93. The van der Waals surface area contributed by atoms with Crippen molar-refractivity contribution < 1.29 is 40.6 Å². The van der Waals surface area contributed by atoms with Crippen LogP contribution in [0.5, 0.6) is 0 Å². The summed E-state index contributed by atoms with van der Waals surface area (Å²) in [5.41, 5.74) is -7.80. The molecule has 1 atom stereocenters. The number of aliphatic hydroxyl groups is 1. The van der Waals surface area contributed by atoms with Crippen LogP contribution in [0.25, 0.3) is 0 Å². The van der Waals surface area contributed by atoms with E-state index in [-0.39, 0.29) is 24.1 Å². The Hall–Kier alpha value is -4.36. The first kappa shape index (κ1) is 28.6. The van der Waals surface area contributed by atoms with Crippen molar-refractivity contribution in [1.29, 1.82) is 5.26 Å². The van der Waals surface area contributed by atoms with Crippen LogP contribution < -0.4 is 5.32 Å². The number of aryl methyl sites for hydroxylation is 1. The largest absolute Gasteiger partial charge is 0.417 e. The van der Waals surface area contributed by atoms with Crippen molar-refractivity contribution in [3.63, 3.8) is 0 Å². The number of anilines is 1. The fourth-order valence-electron chi connectivity index (χ4n) is 4.30. The number of nitrogens with one attached hydrogen (secondary N) is 1. The molecule has 6 nitrogen and oxygen atoms in total. The van der Waals surface area contributed by atoms with Crippen LogP contribution >= 0.6 is 0 Å². The highest BCUT2D eigenvalue weighted by atomic mass is 19.4. The lowest BCUT2D eigenvalue weighted by atomic mass is 9.82. The van der Waals surface area contributed by atoms with Crippen molar-refractivity contribution in [1.82, 2.24) is 9.55 Å². The van der Waals surface area contributed by atoms with E-state index in [4.69, 9.17) is 5.26 Å². The number of benzene rings is 2. The Bertz CT molecular complexity index is 1570. The lowest BCUT2D eigenvalue weighted by molar-refractivity contribution is -0.138. The first-order valence-electron chi connectivity index (χ1n) is 11.6. The van der Waals surface area contributed by atoms with Gasteiger partial charge in [-0.25, -0.2) is 9.37 Å². The Morgan fingerprint density at radius 2 is 1.82 bits per heavy atom. The molecule has 1 aliphatic carbocycles. The Morgan fingerprint density at radius 1 is 1.12 bits per heavy atom. The highest BCUT2D eigenvalue weighted by Crippen LogP contribution is 2.55. The molecule has 1 aliphatic rings. The number of amides is 1. The maximum absolute atomic E-state index is 14.8. The quantitative estimate of drug-likeness (QED) is 0.325. The summed E-state index contributed by atoms with van der Waals surface area (Å²) in [4.78, 5) is 17.2. The van der Waals surface area contributed by atoms with Crippen molar-refractivity contribution in [3.8, 4) is 17.9 Å². The minimum absolute atomic E-state index is 0.114. The second-order valence-electron chi connectivity index (χ2n) is 9.47. The van der Waals surface area contributed by atoms with E-state index in [1.54, 1.807) is 7.05 Å². The van der Waals surface area contributed by atoms with E-state index >= 15 is 0 Å². The molecule has 3 aromatic rings. The zero-order chi connectivity index (χ0) is 29.5. The number of nitriles is 1. The summed E-state index contributed by atoms with van der Waals surface area (Å²) >= 11 is 0. The molecule has 208 valence electrons. The summed E-state index contributed by atoms with van der Waals surface area (Å²) in [5, 5.41) is 22.6. The summed E-state index contributed by atoms with van der Waals surface area (Å²) < 4.78 is 96.5. The number of aromatic nitrogens is 2. The highest BCUT2D eigenvalue weighted by molar-refractivity contribution is 6.00. The SMILES string of the molecule is Cn1cncc1C#CC(O)(CC1(c2cc(C(F)(F)F)ccc2F)CC1)C(=O)Nc1ccc(C#N)c(C(F)(F)F)c1. The predicted octanol–water partition coefficient (Wildman–Crippen LogP) is 5.31. The number of halogens is 7. The molecule has 40 heavy (non-hydrogen) atoms. The van der Waals surface area contributed by atoms with Crippen molar-refractivity contribution in [3.05, 3.63) is 82.7 Å². The van der Waals surface area contributed by atoms with E-state index in [0.29, 0.717) is 24.3 Å². The van der Waals surface area contributed by atoms with Gasteiger partial charge in [0.25, 0.3) is 5.91 Å². The minimum Gasteiger partial charge on any atom is -0.369 e. The van der Waals surface area contributed by atoms with Gasteiger partial charge < -0.3 is 15.0 Å². The first-order valence-corrected chi connectivity index (χ1v) is 11.6. The molecule has 0 radical (unpaired) electrons. The lowest BCUT2D eigenvalue weighted by Crippen LogP contribution is -2.44.